The van der Waals surface area contributed by atoms with Crippen LogP contribution in [-0.2, 0) is 0 Å². The minimum atomic E-state index is -0.0197. The van der Waals surface area contributed by atoms with Gasteiger partial charge in [0.2, 0.25) is 0 Å². The highest BCUT2D eigenvalue weighted by Crippen LogP contribution is 2.34. The molecule has 0 radical (unpaired) electrons. The van der Waals surface area contributed by atoms with Crippen molar-refractivity contribution in [3.05, 3.63) is 65.7 Å². The fourth-order valence-corrected chi connectivity index (χ4v) is 4.58. The summed E-state index contributed by atoms with van der Waals surface area (Å²) in [5.74, 6) is 0.259. The normalized spacial score (nSPS) is 23.8. The molecule has 0 aromatic heterocycles. The Hall–Kier alpha value is -2.04. The van der Waals surface area contributed by atoms with E-state index >= 15 is 0 Å². The van der Waals surface area contributed by atoms with Crippen LogP contribution in [0.25, 0.3) is 0 Å². The Morgan fingerprint density at radius 3 is 2.38 bits per heavy atom. The number of hydrogen-bond donors (Lipinski definition) is 2. The van der Waals surface area contributed by atoms with Crippen molar-refractivity contribution in [2.45, 2.75) is 31.2 Å². The van der Waals surface area contributed by atoms with Crippen molar-refractivity contribution < 1.29 is 10.0 Å². The van der Waals surface area contributed by atoms with E-state index in [1.165, 1.54) is 32.4 Å². The van der Waals surface area contributed by atoms with Crippen LogP contribution in [0.2, 0.25) is 0 Å². The lowest BCUT2D eigenvalue weighted by Gasteiger charge is -2.25. The van der Waals surface area contributed by atoms with Crippen molar-refractivity contribution in [2.75, 3.05) is 19.6 Å². The van der Waals surface area contributed by atoms with Gasteiger partial charge in [-0.1, -0.05) is 54.7 Å². The number of nitrogens with zero attached hydrogens (tertiary/aromatic N) is 1. The number of phenols is 1. The summed E-state index contributed by atoms with van der Waals surface area (Å²) < 4.78 is 0. The van der Waals surface area contributed by atoms with Crippen molar-refractivity contribution in [2.24, 2.45) is 4.99 Å². The molecule has 2 aliphatic rings. The SMILES string of the molecule is Oc1ccccc1C1=N[C@@H](C[NH+]2CCCCC2)C(=S)[C@H]1c1ccccc1. The number of quaternary nitrogens is 1. The highest BCUT2D eigenvalue weighted by molar-refractivity contribution is 7.80. The summed E-state index contributed by atoms with van der Waals surface area (Å²) in [7, 11) is 0. The average Bonchev–Trinajstić information content (AvgIpc) is 3.00. The van der Waals surface area contributed by atoms with Crippen molar-refractivity contribution in [3.8, 4) is 5.75 Å². The number of rotatable bonds is 4. The van der Waals surface area contributed by atoms with E-state index in [-0.39, 0.29) is 17.7 Å². The van der Waals surface area contributed by atoms with Gasteiger partial charge in [-0.25, -0.2) is 0 Å². The maximum Gasteiger partial charge on any atom is 0.131 e. The lowest BCUT2D eigenvalue weighted by molar-refractivity contribution is -0.904. The molecular weight excluding hydrogens is 340 g/mol. The predicted molar refractivity (Wildman–Crippen MR) is 110 cm³/mol. The highest BCUT2D eigenvalue weighted by atomic mass is 32.1. The minimum absolute atomic E-state index is 0.0197. The van der Waals surface area contributed by atoms with Gasteiger partial charge in [-0.05, 0) is 37.0 Å². The van der Waals surface area contributed by atoms with Gasteiger partial charge >= 0.3 is 0 Å². The lowest BCUT2D eigenvalue weighted by Crippen LogP contribution is -3.13. The van der Waals surface area contributed by atoms with Gasteiger partial charge in [-0.15, -0.1) is 0 Å². The molecule has 4 heteroatoms. The van der Waals surface area contributed by atoms with Crippen LogP contribution in [0, 0.1) is 0 Å². The number of hydrogen-bond acceptors (Lipinski definition) is 3. The Balaban J connectivity index is 1.69. The molecule has 0 aliphatic carbocycles. The van der Waals surface area contributed by atoms with E-state index in [4.69, 9.17) is 17.2 Å². The smallest absolute Gasteiger partial charge is 0.131 e. The third-order valence-electron chi connectivity index (χ3n) is 5.54. The maximum absolute atomic E-state index is 10.4. The third-order valence-corrected chi connectivity index (χ3v) is 6.04. The van der Waals surface area contributed by atoms with Gasteiger partial charge in [-0.2, -0.15) is 0 Å². The molecule has 4 rings (SSSR count). The molecule has 134 valence electrons. The molecule has 2 aliphatic heterocycles. The van der Waals surface area contributed by atoms with Gasteiger partial charge in [0.15, 0.2) is 0 Å². The van der Waals surface area contributed by atoms with E-state index in [0.29, 0.717) is 0 Å². The molecule has 1 saturated heterocycles. The molecule has 2 heterocycles. The summed E-state index contributed by atoms with van der Waals surface area (Å²) in [6.45, 7) is 3.41. The molecule has 3 nitrogen and oxygen atoms in total. The quantitative estimate of drug-likeness (QED) is 0.818. The number of nitrogens with one attached hydrogen (secondary N) is 1. The van der Waals surface area contributed by atoms with Crippen LogP contribution < -0.4 is 4.90 Å². The van der Waals surface area contributed by atoms with Crippen LogP contribution >= 0.6 is 12.2 Å². The van der Waals surface area contributed by atoms with Crippen LogP contribution in [-0.4, -0.2) is 41.4 Å². The first-order chi connectivity index (χ1) is 12.7. The molecule has 0 unspecified atom stereocenters. The molecule has 1 fully saturated rings. The summed E-state index contributed by atoms with van der Waals surface area (Å²) in [5.41, 5.74) is 2.89. The minimum Gasteiger partial charge on any atom is -0.507 e. The molecule has 2 aromatic rings. The molecular formula is C22H25N2OS+. The highest BCUT2D eigenvalue weighted by Gasteiger charge is 2.38. The van der Waals surface area contributed by atoms with Crippen LogP contribution in [0.3, 0.4) is 0 Å². The van der Waals surface area contributed by atoms with Gasteiger partial charge in [-0.3, -0.25) is 4.99 Å². The fraction of sp³-hybridized carbons (Fsp3) is 0.364. The van der Waals surface area contributed by atoms with Gasteiger partial charge in [0.1, 0.15) is 18.3 Å². The zero-order valence-corrected chi connectivity index (χ0v) is 15.7. The molecule has 0 bridgehead atoms. The van der Waals surface area contributed by atoms with E-state index in [2.05, 4.69) is 12.1 Å². The Bertz CT molecular complexity index is 812. The largest absolute Gasteiger partial charge is 0.507 e. The molecule has 0 amide bonds. The maximum atomic E-state index is 10.4. The Morgan fingerprint density at radius 1 is 0.962 bits per heavy atom. The number of benzene rings is 2. The molecule has 0 saturated carbocycles. The second kappa shape index (κ2) is 7.68. The second-order valence-electron chi connectivity index (χ2n) is 7.31. The summed E-state index contributed by atoms with van der Waals surface area (Å²) in [6, 6.07) is 17.9. The first kappa shape index (κ1) is 17.4. The first-order valence-corrected chi connectivity index (χ1v) is 9.93. The Labute approximate surface area is 160 Å². The second-order valence-corrected chi connectivity index (χ2v) is 7.78. The molecule has 2 aromatic carbocycles. The van der Waals surface area contributed by atoms with E-state index < -0.39 is 0 Å². The summed E-state index contributed by atoms with van der Waals surface area (Å²) in [4.78, 5) is 7.65. The molecule has 0 spiro atoms. The van der Waals surface area contributed by atoms with Gasteiger partial charge < -0.3 is 10.0 Å². The number of aromatic hydroxyl groups is 1. The first-order valence-electron chi connectivity index (χ1n) is 9.52. The number of thiocarbonyl (C=S) groups is 1. The van der Waals surface area contributed by atoms with Crippen LogP contribution in [0.4, 0.5) is 0 Å². The van der Waals surface area contributed by atoms with Crippen LogP contribution in [0.1, 0.15) is 36.3 Å². The zero-order chi connectivity index (χ0) is 17.9. The number of aliphatic imine (C=N–C) groups is 1. The van der Waals surface area contributed by atoms with Crippen molar-refractivity contribution in [3.63, 3.8) is 0 Å². The van der Waals surface area contributed by atoms with Gasteiger partial charge in [0, 0.05) is 10.4 Å². The van der Waals surface area contributed by atoms with Crippen LogP contribution in [0.15, 0.2) is 59.6 Å². The summed E-state index contributed by atoms with van der Waals surface area (Å²) in [5, 5.41) is 10.4. The standard InChI is InChI=1S/C22H24N2OS/c25-19-12-6-5-11-17(19)21-20(16-9-3-1-4-10-16)22(26)18(23-21)15-24-13-7-2-8-14-24/h1,3-6,9-12,18,20,25H,2,7-8,13-15H2/p+1/t18-,20-/m0/s1. The Morgan fingerprint density at radius 2 is 1.65 bits per heavy atom. The predicted octanol–water partition coefficient (Wildman–Crippen LogP) is 2.79. The fourth-order valence-electron chi connectivity index (χ4n) is 4.19. The summed E-state index contributed by atoms with van der Waals surface area (Å²) >= 11 is 5.92. The average molecular weight is 366 g/mol. The summed E-state index contributed by atoms with van der Waals surface area (Å²) in [6.07, 6.45) is 3.94. The van der Waals surface area contributed by atoms with E-state index in [1.54, 1.807) is 11.0 Å². The van der Waals surface area contributed by atoms with Crippen molar-refractivity contribution >= 4 is 22.8 Å². The Kier molecular flexibility index (Phi) is 5.14. The topological polar surface area (TPSA) is 37.0 Å². The monoisotopic (exact) mass is 365 g/mol. The third kappa shape index (κ3) is 3.44. The number of piperidine rings is 1. The van der Waals surface area contributed by atoms with Crippen LogP contribution in [0.5, 0.6) is 5.75 Å². The zero-order valence-electron chi connectivity index (χ0n) is 14.9. The number of likely N-dealkylation sites (tertiary alicyclic amines) is 1. The van der Waals surface area contributed by atoms with Gasteiger partial charge in [0.25, 0.3) is 0 Å². The van der Waals surface area contributed by atoms with Crippen molar-refractivity contribution in [1.82, 2.24) is 0 Å². The van der Waals surface area contributed by atoms with Gasteiger partial charge in [0.05, 0.1) is 24.7 Å². The lowest BCUT2D eigenvalue weighted by atomic mass is 9.87. The van der Waals surface area contributed by atoms with Crippen molar-refractivity contribution in [1.29, 1.82) is 0 Å². The molecule has 2 N–H and O–H groups in total. The van der Waals surface area contributed by atoms with E-state index in [0.717, 1.165) is 28.2 Å². The van der Waals surface area contributed by atoms with E-state index in [9.17, 15) is 5.11 Å². The number of para-hydroxylation sites is 1. The molecule has 26 heavy (non-hydrogen) atoms. The molecule has 2 atom stereocenters. The van der Waals surface area contributed by atoms with E-state index in [1.807, 2.05) is 36.4 Å². The number of phenolic OH excluding ortho intramolecular Hbond substituents is 1.